The van der Waals surface area contributed by atoms with Gasteiger partial charge in [-0.05, 0) is 55.4 Å². The van der Waals surface area contributed by atoms with E-state index < -0.39 is 29.6 Å². The number of rotatable bonds is 6. The first-order valence-electron chi connectivity index (χ1n) is 11.4. The lowest BCUT2D eigenvalue weighted by Gasteiger charge is -2.26. The van der Waals surface area contributed by atoms with Crippen molar-refractivity contribution in [3.8, 4) is 0 Å². The zero-order valence-corrected chi connectivity index (χ0v) is 18.6. The highest BCUT2D eigenvalue weighted by Gasteiger charge is 2.38. The fraction of sp³-hybridized carbons (Fsp3) is 0.696. The number of hydrogen-bond donors (Lipinski definition) is 1. The molecule has 4 nitrogen and oxygen atoms in total. The van der Waals surface area contributed by atoms with Gasteiger partial charge in [-0.2, -0.15) is 26.3 Å². The Hall–Kier alpha value is -1.97. The Balaban J connectivity index is 1.60. The summed E-state index contributed by atoms with van der Waals surface area (Å²) in [5, 5.41) is 3.03. The molecule has 1 aliphatic carbocycles. The van der Waals surface area contributed by atoms with Gasteiger partial charge in [0.15, 0.2) is 0 Å². The van der Waals surface area contributed by atoms with Crippen LogP contribution in [0, 0.1) is 5.92 Å². The molecule has 1 heterocycles. The lowest BCUT2D eigenvalue weighted by molar-refractivity contribution is -0.143. The van der Waals surface area contributed by atoms with Crippen LogP contribution in [0.5, 0.6) is 0 Å². The molecular weight excluding hydrogens is 450 g/mol. The lowest BCUT2D eigenvalue weighted by Crippen LogP contribution is -2.38. The highest BCUT2D eigenvalue weighted by molar-refractivity contribution is 5.68. The van der Waals surface area contributed by atoms with Crippen molar-refractivity contribution in [1.29, 1.82) is 0 Å². The van der Waals surface area contributed by atoms with Crippen molar-refractivity contribution < 1.29 is 35.9 Å². The molecule has 0 unspecified atom stereocenters. The van der Waals surface area contributed by atoms with Crippen LogP contribution in [0.3, 0.4) is 0 Å². The average molecular weight is 480 g/mol. The number of benzene rings is 1. The van der Waals surface area contributed by atoms with Gasteiger partial charge in [0.25, 0.3) is 0 Å². The molecule has 0 spiro atoms. The molecule has 1 amide bonds. The number of hydrogen-bond acceptors (Lipinski definition) is 3. The monoisotopic (exact) mass is 480 g/mol. The standard InChI is InChI=1S/C23H30F6N2O2/c1-2-20-11-19(13-31(20)21(32)33-14-15-6-4-3-5-7-15)30-12-16-8-17(22(24,25)26)10-18(9-16)23(27,28)29/h8-10,15,19-20,30H,2-7,11-14H2,1H3/t19-,20+/m0/s1. The summed E-state index contributed by atoms with van der Waals surface area (Å²) in [7, 11) is 0. The van der Waals surface area contributed by atoms with E-state index in [1.54, 1.807) is 4.90 Å². The lowest BCUT2D eigenvalue weighted by atomic mass is 9.90. The van der Waals surface area contributed by atoms with Gasteiger partial charge in [-0.25, -0.2) is 4.79 Å². The van der Waals surface area contributed by atoms with Crippen LogP contribution in [0.15, 0.2) is 18.2 Å². The van der Waals surface area contributed by atoms with E-state index in [0.29, 0.717) is 31.9 Å². The van der Waals surface area contributed by atoms with Gasteiger partial charge in [0.05, 0.1) is 17.7 Å². The number of likely N-dealkylation sites (tertiary alicyclic amines) is 1. The third kappa shape index (κ3) is 7.01. The average Bonchev–Trinajstić information content (AvgIpc) is 3.19. The van der Waals surface area contributed by atoms with Crippen molar-refractivity contribution in [2.45, 2.75) is 82.9 Å². The number of carbonyl (C=O) groups excluding carboxylic acids is 1. The Morgan fingerprint density at radius 2 is 1.64 bits per heavy atom. The third-order valence-corrected chi connectivity index (χ3v) is 6.53. The number of carbonyl (C=O) groups is 1. The second-order valence-electron chi connectivity index (χ2n) is 9.02. The van der Waals surface area contributed by atoms with Crippen molar-refractivity contribution >= 4 is 6.09 Å². The van der Waals surface area contributed by atoms with Crippen molar-refractivity contribution in [3.63, 3.8) is 0 Å². The van der Waals surface area contributed by atoms with E-state index in [1.165, 1.54) is 6.42 Å². The van der Waals surface area contributed by atoms with Crippen molar-refractivity contribution in [1.82, 2.24) is 10.2 Å². The zero-order valence-electron chi connectivity index (χ0n) is 18.6. The van der Waals surface area contributed by atoms with Gasteiger partial charge < -0.3 is 15.0 Å². The summed E-state index contributed by atoms with van der Waals surface area (Å²) in [5.41, 5.74) is -2.77. The molecule has 10 heteroatoms. The molecule has 2 aliphatic rings. The topological polar surface area (TPSA) is 41.6 Å². The van der Waals surface area contributed by atoms with E-state index in [1.807, 2.05) is 6.92 Å². The van der Waals surface area contributed by atoms with Crippen LogP contribution < -0.4 is 5.32 Å². The minimum absolute atomic E-state index is 0.0893. The molecule has 2 fully saturated rings. The Morgan fingerprint density at radius 1 is 1.03 bits per heavy atom. The minimum Gasteiger partial charge on any atom is -0.449 e. The first-order chi connectivity index (χ1) is 15.5. The van der Waals surface area contributed by atoms with Crippen molar-refractivity contribution in [2.24, 2.45) is 5.92 Å². The summed E-state index contributed by atoms with van der Waals surface area (Å²) < 4.78 is 84.0. The maximum absolute atomic E-state index is 13.1. The van der Waals surface area contributed by atoms with Gasteiger partial charge in [-0.3, -0.25) is 0 Å². The van der Waals surface area contributed by atoms with Crippen LogP contribution in [0.25, 0.3) is 0 Å². The summed E-state index contributed by atoms with van der Waals surface area (Å²) in [6.45, 7) is 2.44. The summed E-state index contributed by atoms with van der Waals surface area (Å²) in [6.07, 6.45) is -3.35. The normalized spacial score (nSPS) is 22.6. The second kappa shape index (κ2) is 10.5. The number of amides is 1. The summed E-state index contributed by atoms with van der Waals surface area (Å²) in [5.74, 6) is 0.378. The van der Waals surface area contributed by atoms with E-state index in [-0.39, 0.29) is 30.3 Å². The molecule has 3 rings (SSSR count). The maximum atomic E-state index is 13.1. The van der Waals surface area contributed by atoms with Gasteiger partial charge >= 0.3 is 18.4 Å². The van der Waals surface area contributed by atoms with Gasteiger partial charge in [0.1, 0.15) is 0 Å². The van der Waals surface area contributed by atoms with E-state index in [9.17, 15) is 31.1 Å². The number of ether oxygens (including phenoxy) is 1. The van der Waals surface area contributed by atoms with E-state index in [0.717, 1.165) is 37.8 Å². The number of halogens is 6. The van der Waals surface area contributed by atoms with Crippen LogP contribution >= 0.6 is 0 Å². The smallest absolute Gasteiger partial charge is 0.416 e. The maximum Gasteiger partial charge on any atom is 0.416 e. The fourth-order valence-corrected chi connectivity index (χ4v) is 4.68. The molecule has 0 bridgehead atoms. The molecule has 1 aromatic rings. The predicted molar refractivity (Wildman–Crippen MR) is 110 cm³/mol. The van der Waals surface area contributed by atoms with Crippen LogP contribution in [0.4, 0.5) is 31.1 Å². The van der Waals surface area contributed by atoms with E-state index in [2.05, 4.69) is 5.32 Å². The molecule has 1 saturated carbocycles. The third-order valence-electron chi connectivity index (χ3n) is 6.53. The van der Waals surface area contributed by atoms with Crippen molar-refractivity contribution in [3.05, 3.63) is 34.9 Å². The Labute approximate surface area is 189 Å². The molecule has 2 atom stereocenters. The largest absolute Gasteiger partial charge is 0.449 e. The number of nitrogens with one attached hydrogen (secondary N) is 1. The van der Waals surface area contributed by atoms with E-state index in [4.69, 9.17) is 4.74 Å². The van der Waals surface area contributed by atoms with Crippen LogP contribution in [0.2, 0.25) is 0 Å². The summed E-state index contributed by atoms with van der Waals surface area (Å²) in [6, 6.07) is 1.24. The minimum atomic E-state index is -4.88. The van der Waals surface area contributed by atoms with Crippen LogP contribution in [-0.4, -0.2) is 36.2 Å². The molecule has 0 aromatic heterocycles. The van der Waals surface area contributed by atoms with Gasteiger partial charge in [-0.1, -0.05) is 26.2 Å². The number of alkyl halides is 6. The molecule has 186 valence electrons. The molecule has 1 saturated heterocycles. The zero-order chi connectivity index (χ0) is 24.2. The Kier molecular flexibility index (Phi) is 8.18. The fourth-order valence-electron chi connectivity index (χ4n) is 4.68. The quantitative estimate of drug-likeness (QED) is 0.480. The van der Waals surface area contributed by atoms with Gasteiger partial charge in [0, 0.05) is 25.2 Å². The molecule has 1 aromatic carbocycles. The molecule has 0 radical (unpaired) electrons. The van der Waals surface area contributed by atoms with Crippen LogP contribution in [-0.2, 0) is 23.6 Å². The molecular formula is C23H30F6N2O2. The first kappa shape index (κ1) is 25.6. The molecule has 1 N–H and O–H groups in total. The van der Waals surface area contributed by atoms with Crippen LogP contribution in [0.1, 0.15) is 68.6 Å². The summed E-state index contributed by atoms with van der Waals surface area (Å²) in [4.78, 5) is 14.2. The first-order valence-corrected chi connectivity index (χ1v) is 11.4. The number of nitrogens with zero attached hydrogens (tertiary/aromatic N) is 1. The van der Waals surface area contributed by atoms with Gasteiger partial charge in [0.2, 0.25) is 0 Å². The highest BCUT2D eigenvalue weighted by Crippen LogP contribution is 2.36. The molecule has 1 aliphatic heterocycles. The van der Waals surface area contributed by atoms with Crippen molar-refractivity contribution in [2.75, 3.05) is 13.2 Å². The molecule has 33 heavy (non-hydrogen) atoms. The highest BCUT2D eigenvalue weighted by atomic mass is 19.4. The predicted octanol–water partition coefficient (Wildman–Crippen LogP) is 6.38. The second-order valence-corrected chi connectivity index (χ2v) is 9.02. The summed E-state index contributed by atoms with van der Waals surface area (Å²) >= 11 is 0. The SMILES string of the molecule is CC[C@@H]1C[C@H](NCc2cc(C(F)(F)F)cc(C(F)(F)F)c2)CN1C(=O)OCC1CCCCC1. The Morgan fingerprint density at radius 3 is 2.18 bits per heavy atom. The Bertz CT molecular complexity index is 773. The van der Waals surface area contributed by atoms with E-state index >= 15 is 0 Å². The van der Waals surface area contributed by atoms with Gasteiger partial charge in [-0.15, -0.1) is 0 Å².